The maximum Gasteiger partial charge on any atom is 0.126 e. The Morgan fingerprint density at radius 1 is 1.40 bits per heavy atom. The normalized spacial score (nSPS) is 10.3. The van der Waals surface area contributed by atoms with Crippen LogP contribution in [-0.4, -0.2) is 18.1 Å². The fourth-order valence-electron chi connectivity index (χ4n) is 1.37. The first-order valence-electron chi connectivity index (χ1n) is 5.14. The number of ether oxygens (including phenoxy) is 1. The number of alkyl halides is 1. The van der Waals surface area contributed by atoms with Crippen LogP contribution in [0.25, 0.3) is 0 Å². The highest BCUT2D eigenvalue weighted by Crippen LogP contribution is 2.25. The summed E-state index contributed by atoms with van der Waals surface area (Å²) in [7, 11) is 0. The zero-order valence-corrected chi connectivity index (χ0v) is 11.7. The molecule has 84 valence electrons. The predicted molar refractivity (Wildman–Crippen MR) is 72.3 cm³/mol. The first-order chi connectivity index (χ1) is 7.29. The third-order valence-electron chi connectivity index (χ3n) is 2.12. The molecule has 0 unspecified atom stereocenters. The van der Waals surface area contributed by atoms with E-state index in [2.05, 4.69) is 48.0 Å². The lowest BCUT2D eigenvalue weighted by molar-refractivity contribution is 0.339. The van der Waals surface area contributed by atoms with Gasteiger partial charge in [0, 0.05) is 16.6 Å². The summed E-state index contributed by atoms with van der Waals surface area (Å²) in [5.41, 5.74) is 2.45. The van der Waals surface area contributed by atoms with E-state index >= 15 is 0 Å². The number of benzene rings is 1. The number of hydrogen-bond acceptors (Lipinski definition) is 2. The Labute approximate surface area is 105 Å². The quantitative estimate of drug-likeness (QED) is 0.578. The van der Waals surface area contributed by atoms with Gasteiger partial charge in [0.1, 0.15) is 5.75 Å². The van der Waals surface area contributed by atoms with Crippen LogP contribution < -0.4 is 4.74 Å². The second kappa shape index (κ2) is 7.18. The second-order valence-corrected chi connectivity index (χ2v) is 5.20. The van der Waals surface area contributed by atoms with Crippen molar-refractivity contribution < 1.29 is 4.74 Å². The van der Waals surface area contributed by atoms with Crippen molar-refractivity contribution in [1.29, 1.82) is 0 Å². The molecular formula is C12H17BrOS. The van der Waals surface area contributed by atoms with Crippen molar-refractivity contribution in [3.05, 3.63) is 29.3 Å². The maximum absolute atomic E-state index is 5.81. The van der Waals surface area contributed by atoms with Gasteiger partial charge in [-0.3, -0.25) is 0 Å². The summed E-state index contributed by atoms with van der Waals surface area (Å²) < 4.78 is 5.81. The lowest BCUT2D eigenvalue weighted by atomic mass is 10.1. The molecule has 0 bridgehead atoms. The molecule has 0 saturated heterocycles. The standard InChI is InChI=1S/C12H17BrOS/c1-3-15-8-7-14-12-10(2)5-4-6-11(12)9-13/h4-6H,3,7-9H2,1-2H3. The van der Waals surface area contributed by atoms with E-state index in [4.69, 9.17) is 4.74 Å². The van der Waals surface area contributed by atoms with Crippen LogP contribution in [0.1, 0.15) is 18.1 Å². The molecule has 0 radical (unpaired) electrons. The molecule has 0 heterocycles. The molecule has 1 aromatic carbocycles. The Morgan fingerprint density at radius 3 is 2.87 bits per heavy atom. The fourth-order valence-corrected chi connectivity index (χ4v) is 2.30. The van der Waals surface area contributed by atoms with E-state index < -0.39 is 0 Å². The molecule has 0 aliphatic heterocycles. The summed E-state index contributed by atoms with van der Waals surface area (Å²) in [5.74, 6) is 3.26. The first-order valence-corrected chi connectivity index (χ1v) is 7.42. The van der Waals surface area contributed by atoms with Gasteiger partial charge >= 0.3 is 0 Å². The minimum atomic E-state index is 0.795. The summed E-state index contributed by atoms with van der Waals surface area (Å²) in [6, 6.07) is 6.26. The molecule has 1 rings (SSSR count). The Kier molecular flexibility index (Phi) is 6.18. The minimum absolute atomic E-state index is 0.795. The third kappa shape index (κ3) is 4.07. The molecule has 1 nitrogen and oxygen atoms in total. The molecule has 0 N–H and O–H groups in total. The van der Waals surface area contributed by atoms with Crippen molar-refractivity contribution in [3.8, 4) is 5.75 Å². The lowest BCUT2D eigenvalue weighted by Crippen LogP contribution is -2.03. The smallest absolute Gasteiger partial charge is 0.126 e. The highest BCUT2D eigenvalue weighted by molar-refractivity contribution is 9.08. The van der Waals surface area contributed by atoms with E-state index in [0.29, 0.717) is 0 Å². The summed E-state index contributed by atoms with van der Waals surface area (Å²) in [4.78, 5) is 0. The van der Waals surface area contributed by atoms with Gasteiger partial charge in [0.25, 0.3) is 0 Å². The minimum Gasteiger partial charge on any atom is -0.492 e. The number of aryl methyl sites for hydroxylation is 1. The average Bonchev–Trinajstić information content (AvgIpc) is 2.26. The maximum atomic E-state index is 5.81. The molecule has 3 heteroatoms. The number of halogens is 1. The summed E-state index contributed by atoms with van der Waals surface area (Å²) in [6.07, 6.45) is 0. The molecule has 0 aliphatic carbocycles. The van der Waals surface area contributed by atoms with Crippen molar-refractivity contribution in [2.24, 2.45) is 0 Å². The largest absolute Gasteiger partial charge is 0.492 e. The predicted octanol–water partition coefficient (Wildman–Crippen LogP) is 4.02. The van der Waals surface area contributed by atoms with Gasteiger partial charge in [-0.25, -0.2) is 0 Å². The molecule has 1 aromatic rings. The van der Waals surface area contributed by atoms with Crippen LogP contribution >= 0.6 is 27.7 Å². The fraction of sp³-hybridized carbons (Fsp3) is 0.500. The zero-order valence-electron chi connectivity index (χ0n) is 9.25. The molecule has 15 heavy (non-hydrogen) atoms. The van der Waals surface area contributed by atoms with Crippen LogP contribution in [0.5, 0.6) is 5.75 Å². The summed E-state index contributed by atoms with van der Waals surface area (Å²) >= 11 is 5.39. The van der Waals surface area contributed by atoms with Gasteiger partial charge in [-0.15, -0.1) is 0 Å². The Balaban J connectivity index is 2.58. The molecule has 0 atom stereocenters. The van der Waals surface area contributed by atoms with Crippen LogP contribution in [-0.2, 0) is 5.33 Å². The molecule has 0 aromatic heterocycles. The highest BCUT2D eigenvalue weighted by Gasteiger charge is 2.05. The van der Waals surface area contributed by atoms with Crippen LogP contribution in [0, 0.1) is 6.92 Å². The lowest BCUT2D eigenvalue weighted by Gasteiger charge is -2.12. The topological polar surface area (TPSA) is 9.23 Å². The van der Waals surface area contributed by atoms with Gasteiger partial charge in [0.05, 0.1) is 6.61 Å². The monoisotopic (exact) mass is 288 g/mol. The zero-order chi connectivity index (χ0) is 11.1. The van der Waals surface area contributed by atoms with E-state index in [1.807, 2.05) is 11.8 Å². The Hall–Kier alpha value is -0.150. The third-order valence-corrected chi connectivity index (χ3v) is 3.58. The van der Waals surface area contributed by atoms with Gasteiger partial charge in [-0.05, 0) is 18.2 Å². The summed E-state index contributed by atoms with van der Waals surface area (Å²) in [5, 5.41) is 0.852. The molecule has 0 amide bonds. The van der Waals surface area contributed by atoms with E-state index in [-0.39, 0.29) is 0 Å². The van der Waals surface area contributed by atoms with Crippen LogP contribution in [0.4, 0.5) is 0 Å². The van der Waals surface area contributed by atoms with Crippen molar-refractivity contribution in [2.45, 2.75) is 19.2 Å². The average molecular weight is 289 g/mol. The number of para-hydroxylation sites is 1. The van der Waals surface area contributed by atoms with Gasteiger partial charge < -0.3 is 4.74 Å². The molecule has 0 aliphatic rings. The Bertz CT molecular complexity index is 302. The van der Waals surface area contributed by atoms with E-state index in [0.717, 1.165) is 29.2 Å². The SMILES string of the molecule is CCSCCOc1c(C)cccc1CBr. The van der Waals surface area contributed by atoms with Gasteiger partial charge in [-0.1, -0.05) is 41.1 Å². The number of thioether (sulfide) groups is 1. The number of hydrogen-bond donors (Lipinski definition) is 0. The van der Waals surface area contributed by atoms with Gasteiger partial charge in [0.15, 0.2) is 0 Å². The van der Waals surface area contributed by atoms with Gasteiger partial charge in [0.2, 0.25) is 0 Å². The number of rotatable bonds is 6. The van der Waals surface area contributed by atoms with Gasteiger partial charge in [-0.2, -0.15) is 11.8 Å². The molecular weight excluding hydrogens is 272 g/mol. The molecule has 0 saturated carbocycles. The molecule has 0 spiro atoms. The van der Waals surface area contributed by atoms with Crippen molar-refractivity contribution in [3.63, 3.8) is 0 Å². The van der Waals surface area contributed by atoms with Crippen molar-refractivity contribution >= 4 is 27.7 Å². The van der Waals surface area contributed by atoms with Crippen molar-refractivity contribution in [2.75, 3.05) is 18.1 Å². The van der Waals surface area contributed by atoms with Crippen LogP contribution in [0.2, 0.25) is 0 Å². The van der Waals surface area contributed by atoms with E-state index in [1.54, 1.807) is 0 Å². The Morgan fingerprint density at radius 2 is 2.20 bits per heavy atom. The van der Waals surface area contributed by atoms with E-state index in [1.165, 1.54) is 11.1 Å². The summed E-state index contributed by atoms with van der Waals surface area (Å²) in [6.45, 7) is 5.06. The van der Waals surface area contributed by atoms with Crippen LogP contribution in [0.3, 0.4) is 0 Å². The van der Waals surface area contributed by atoms with E-state index in [9.17, 15) is 0 Å². The van der Waals surface area contributed by atoms with Crippen LogP contribution in [0.15, 0.2) is 18.2 Å². The second-order valence-electron chi connectivity index (χ2n) is 3.24. The first kappa shape index (κ1) is 12.9. The highest BCUT2D eigenvalue weighted by atomic mass is 79.9. The van der Waals surface area contributed by atoms with Crippen molar-refractivity contribution in [1.82, 2.24) is 0 Å². The molecule has 0 fully saturated rings.